The van der Waals surface area contributed by atoms with Crippen molar-refractivity contribution in [2.75, 3.05) is 39.3 Å². The molecule has 146 valence electrons. The fourth-order valence-electron chi connectivity index (χ4n) is 3.29. The quantitative estimate of drug-likeness (QED) is 0.733. The molecule has 5 nitrogen and oxygen atoms in total. The molecule has 2 rings (SSSR count). The summed E-state index contributed by atoms with van der Waals surface area (Å²) in [6.45, 7) is 14.2. The summed E-state index contributed by atoms with van der Waals surface area (Å²) in [7, 11) is 0. The van der Waals surface area contributed by atoms with Crippen molar-refractivity contribution >= 4 is 5.91 Å². The van der Waals surface area contributed by atoms with Crippen LogP contribution in [-0.2, 0) is 16.1 Å². The van der Waals surface area contributed by atoms with E-state index in [2.05, 4.69) is 54.9 Å². The summed E-state index contributed by atoms with van der Waals surface area (Å²) in [6, 6.07) is 10.6. The Kier molecular flexibility index (Phi) is 8.55. The summed E-state index contributed by atoms with van der Waals surface area (Å²) >= 11 is 0. The molecule has 0 aromatic heterocycles. The highest BCUT2D eigenvalue weighted by atomic mass is 16.5. The van der Waals surface area contributed by atoms with E-state index < -0.39 is 0 Å². The number of nitrogens with zero attached hydrogens (tertiary/aromatic N) is 2. The number of ether oxygens (including phenoxy) is 1. The lowest BCUT2D eigenvalue weighted by Crippen LogP contribution is -2.49. The summed E-state index contributed by atoms with van der Waals surface area (Å²) in [5.41, 5.74) is 1.23. The van der Waals surface area contributed by atoms with Gasteiger partial charge in [0.2, 0.25) is 5.91 Å². The van der Waals surface area contributed by atoms with Crippen molar-refractivity contribution in [1.82, 2.24) is 15.1 Å². The molecule has 5 heteroatoms. The van der Waals surface area contributed by atoms with Gasteiger partial charge in [-0.3, -0.25) is 14.6 Å². The second kappa shape index (κ2) is 10.7. The number of carbonyl (C=O) groups excluding carboxylic acids is 1. The van der Waals surface area contributed by atoms with Gasteiger partial charge in [-0.15, -0.1) is 0 Å². The molecule has 0 saturated carbocycles. The van der Waals surface area contributed by atoms with E-state index in [1.807, 2.05) is 18.2 Å². The summed E-state index contributed by atoms with van der Waals surface area (Å²) in [5.74, 6) is 0.722. The molecule has 1 aliphatic rings. The molecule has 1 aromatic rings. The maximum atomic E-state index is 12.4. The predicted molar refractivity (Wildman–Crippen MR) is 106 cm³/mol. The Morgan fingerprint density at radius 3 is 2.65 bits per heavy atom. The van der Waals surface area contributed by atoms with Crippen molar-refractivity contribution in [2.45, 2.75) is 46.4 Å². The Labute approximate surface area is 158 Å². The normalized spacial score (nSPS) is 18.7. The molecule has 0 bridgehead atoms. The summed E-state index contributed by atoms with van der Waals surface area (Å²) in [6.07, 6.45) is 0.0908. The Hall–Kier alpha value is -1.43. The van der Waals surface area contributed by atoms with Crippen LogP contribution < -0.4 is 5.32 Å². The van der Waals surface area contributed by atoms with E-state index in [-0.39, 0.29) is 12.0 Å². The Morgan fingerprint density at radius 2 is 2.00 bits per heavy atom. The van der Waals surface area contributed by atoms with Crippen LogP contribution in [0.1, 0.15) is 33.3 Å². The first-order valence-electron chi connectivity index (χ1n) is 9.82. The zero-order chi connectivity index (χ0) is 18.9. The fourth-order valence-corrected chi connectivity index (χ4v) is 3.29. The molecule has 1 fully saturated rings. The van der Waals surface area contributed by atoms with Crippen molar-refractivity contribution < 1.29 is 9.53 Å². The van der Waals surface area contributed by atoms with Gasteiger partial charge in [-0.05, 0) is 25.3 Å². The molecular formula is C21H35N3O2. The molecule has 0 radical (unpaired) electrons. The van der Waals surface area contributed by atoms with Gasteiger partial charge in [0.15, 0.2) is 0 Å². The SMILES string of the molecule is CC(C)CN1CCOC(CNC(=O)CN(Cc2ccccc2)C(C)C)C1. The van der Waals surface area contributed by atoms with E-state index in [9.17, 15) is 4.79 Å². The molecule has 1 aliphatic heterocycles. The Morgan fingerprint density at radius 1 is 1.27 bits per heavy atom. The first-order valence-corrected chi connectivity index (χ1v) is 9.82. The minimum atomic E-state index is 0.0687. The van der Waals surface area contributed by atoms with E-state index in [0.717, 1.165) is 32.8 Å². The van der Waals surface area contributed by atoms with Gasteiger partial charge < -0.3 is 10.1 Å². The standard InChI is InChI=1S/C21H35N3O2/c1-17(2)13-23-10-11-26-20(15-23)12-22-21(25)16-24(18(3)4)14-19-8-6-5-7-9-19/h5-9,17-18,20H,10-16H2,1-4H3,(H,22,25). The summed E-state index contributed by atoms with van der Waals surface area (Å²) in [4.78, 5) is 17.1. The number of morpholine rings is 1. The van der Waals surface area contributed by atoms with Crippen LogP contribution in [0.2, 0.25) is 0 Å². The number of benzene rings is 1. The largest absolute Gasteiger partial charge is 0.374 e. The molecular weight excluding hydrogens is 326 g/mol. The molecule has 1 heterocycles. The number of hydrogen-bond acceptors (Lipinski definition) is 4. The maximum absolute atomic E-state index is 12.4. The molecule has 1 unspecified atom stereocenters. The number of rotatable bonds is 9. The molecule has 1 N–H and O–H groups in total. The van der Waals surface area contributed by atoms with Crippen molar-refractivity contribution in [3.8, 4) is 0 Å². The van der Waals surface area contributed by atoms with Gasteiger partial charge in [0.05, 0.1) is 19.3 Å². The smallest absolute Gasteiger partial charge is 0.234 e. The van der Waals surface area contributed by atoms with Gasteiger partial charge in [0.1, 0.15) is 0 Å². The first kappa shape index (κ1) is 20.9. The fraction of sp³-hybridized carbons (Fsp3) is 0.667. The van der Waals surface area contributed by atoms with Gasteiger partial charge in [-0.2, -0.15) is 0 Å². The Balaban J connectivity index is 1.77. The molecule has 0 spiro atoms. The van der Waals surface area contributed by atoms with Crippen molar-refractivity contribution in [1.29, 1.82) is 0 Å². The lowest BCUT2D eigenvalue weighted by atomic mass is 10.1. The lowest BCUT2D eigenvalue weighted by Gasteiger charge is -2.34. The number of amides is 1. The van der Waals surface area contributed by atoms with Gasteiger partial charge in [0, 0.05) is 38.8 Å². The second-order valence-electron chi connectivity index (χ2n) is 7.93. The van der Waals surface area contributed by atoms with E-state index in [1.54, 1.807) is 0 Å². The topological polar surface area (TPSA) is 44.8 Å². The maximum Gasteiger partial charge on any atom is 0.234 e. The minimum Gasteiger partial charge on any atom is -0.374 e. The van der Waals surface area contributed by atoms with Crippen LogP contribution >= 0.6 is 0 Å². The first-order chi connectivity index (χ1) is 12.4. The van der Waals surface area contributed by atoms with Crippen LogP contribution in [0.4, 0.5) is 0 Å². The Bertz CT molecular complexity index is 533. The van der Waals surface area contributed by atoms with E-state index in [4.69, 9.17) is 4.74 Å². The third-order valence-corrected chi connectivity index (χ3v) is 4.68. The predicted octanol–water partition coefficient (Wildman–Crippen LogP) is 2.37. The van der Waals surface area contributed by atoms with Gasteiger partial charge >= 0.3 is 0 Å². The van der Waals surface area contributed by atoms with Gasteiger partial charge in [-0.25, -0.2) is 0 Å². The van der Waals surface area contributed by atoms with Crippen LogP contribution in [0, 0.1) is 5.92 Å². The molecule has 1 amide bonds. The van der Waals surface area contributed by atoms with Gasteiger partial charge in [-0.1, -0.05) is 44.2 Å². The monoisotopic (exact) mass is 361 g/mol. The van der Waals surface area contributed by atoms with E-state index in [1.165, 1.54) is 5.56 Å². The van der Waals surface area contributed by atoms with Crippen molar-refractivity contribution in [2.24, 2.45) is 5.92 Å². The van der Waals surface area contributed by atoms with Crippen LogP contribution in [0.5, 0.6) is 0 Å². The lowest BCUT2D eigenvalue weighted by molar-refractivity contribution is -0.124. The van der Waals surface area contributed by atoms with E-state index in [0.29, 0.717) is 25.0 Å². The highest BCUT2D eigenvalue weighted by Crippen LogP contribution is 2.09. The molecule has 1 atom stereocenters. The number of carbonyl (C=O) groups is 1. The average molecular weight is 362 g/mol. The molecule has 1 aromatic carbocycles. The van der Waals surface area contributed by atoms with Crippen LogP contribution in [-0.4, -0.2) is 67.2 Å². The average Bonchev–Trinajstić information content (AvgIpc) is 2.60. The second-order valence-corrected chi connectivity index (χ2v) is 7.93. The molecule has 26 heavy (non-hydrogen) atoms. The highest BCUT2D eigenvalue weighted by molar-refractivity contribution is 5.78. The third kappa shape index (κ3) is 7.44. The van der Waals surface area contributed by atoms with Crippen LogP contribution in [0.25, 0.3) is 0 Å². The zero-order valence-corrected chi connectivity index (χ0v) is 16.8. The van der Waals surface area contributed by atoms with Crippen molar-refractivity contribution in [3.63, 3.8) is 0 Å². The zero-order valence-electron chi connectivity index (χ0n) is 16.8. The molecule has 1 saturated heterocycles. The van der Waals surface area contributed by atoms with Crippen molar-refractivity contribution in [3.05, 3.63) is 35.9 Å². The van der Waals surface area contributed by atoms with E-state index >= 15 is 0 Å². The summed E-state index contributed by atoms with van der Waals surface area (Å²) < 4.78 is 5.82. The third-order valence-electron chi connectivity index (χ3n) is 4.68. The number of hydrogen-bond donors (Lipinski definition) is 1. The molecule has 0 aliphatic carbocycles. The minimum absolute atomic E-state index is 0.0687. The highest BCUT2D eigenvalue weighted by Gasteiger charge is 2.22. The van der Waals surface area contributed by atoms with Gasteiger partial charge in [0.25, 0.3) is 0 Å². The van der Waals surface area contributed by atoms with Crippen LogP contribution in [0.15, 0.2) is 30.3 Å². The number of nitrogens with one attached hydrogen (secondary N) is 1. The van der Waals surface area contributed by atoms with Crippen LogP contribution in [0.3, 0.4) is 0 Å². The summed E-state index contributed by atoms with van der Waals surface area (Å²) in [5, 5.41) is 3.07.